The first-order chi connectivity index (χ1) is 16.3. The van der Waals surface area contributed by atoms with Crippen molar-refractivity contribution < 1.29 is 36.7 Å². The van der Waals surface area contributed by atoms with Gasteiger partial charge in [0, 0.05) is 13.1 Å². The van der Waals surface area contributed by atoms with Crippen molar-refractivity contribution >= 4 is 27.9 Å². The van der Waals surface area contributed by atoms with E-state index in [9.17, 15) is 22.8 Å². The molecular formula is C22H27N3O8S. The number of imide groups is 1. The predicted molar refractivity (Wildman–Crippen MR) is 120 cm³/mol. The lowest BCUT2D eigenvalue weighted by Crippen LogP contribution is -2.41. The largest absolute Gasteiger partial charge is 0.496 e. The average molecular weight is 494 g/mol. The van der Waals surface area contributed by atoms with Gasteiger partial charge >= 0.3 is 12.0 Å². The van der Waals surface area contributed by atoms with Crippen LogP contribution in [-0.4, -0.2) is 57.4 Å². The number of ether oxygens (including phenoxy) is 2. The number of rotatable bonds is 8. The van der Waals surface area contributed by atoms with Gasteiger partial charge in [-0.2, -0.15) is 4.31 Å². The maximum Gasteiger partial charge on any atom is 0.342 e. The highest BCUT2D eigenvalue weighted by atomic mass is 32.2. The average Bonchev–Trinajstić information content (AvgIpc) is 3.20. The molecular weight excluding hydrogens is 466 g/mol. The molecule has 0 aliphatic carbocycles. The molecule has 184 valence electrons. The van der Waals surface area contributed by atoms with Crippen LogP contribution in [0.4, 0.5) is 4.79 Å². The zero-order chi connectivity index (χ0) is 24.6. The van der Waals surface area contributed by atoms with Gasteiger partial charge in [0.2, 0.25) is 10.0 Å². The highest BCUT2D eigenvalue weighted by Crippen LogP contribution is 2.26. The maximum absolute atomic E-state index is 13.1. The minimum absolute atomic E-state index is 0.0658. The lowest BCUT2D eigenvalue weighted by molar-refractivity contribution is -0.123. The minimum Gasteiger partial charge on any atom is -0.496 e. The van der Waals surface area contributed by atoms with Gasteiger partial charge in [0.25, 0.3) is 5.91 Å². The van der Waals surface area contributed by atoms with E-state index >= 15 is 0 Å². The Hall–Kier alpha value is -3.38. The van der Waals surface area contributed by atoms with E-state index < -0.39 is 34.5 Å². The number of nitrogens with zero attached hydrogens (tertiary/aromatic N) is 1. The lowest BCUT2D eigenvalue weighted by atomic mass is 10.2. The molecule has 2 N–H and O–H groups in total. The van der Waals surface area contributed by atoms with Gasteiger partial charge in [0.05, 0.1) is 24.8 Å². The number of furan rings is 1. The molecule has 1 aliphatic rings. The van der Waals surface area contributed by atoms with Gasteiger partial charge in [-0.3, -0.25) is 10.1 Å². The maximum atomic E-state index is 13.1. The number of methoxy groups -OCH3 is 1. The molecule has 1 saturated heterocycles. The smallest absolute Gasteiger partial charge is 0.342 e. The predicted octanol–water partition coefficient (Wildman–Crippen LogP) is 2.04. The molecule has 1 aromatic carbocycles. The van der Waals surface area contributed by atoms with Crippen molar-refractivity contribution in [3.63, 3.8) is 0 Å². The number of amides is 3. The van der Waals surface area contributed by atoms with Crippen molar-refractivity contribution in [1.82, 2.24) is 14.9 Å². The van der Waals surface area contributed by atoms with E-state index in [1.807, 2.05) is 5.32 Å². The quantitative estimate of drug-likeness (QED) is 0.532. The van der Waals surface area contributed by atoms with E-state index in [0.717, 1.165) is 25.7 Å². The van der Waals surface area contributed by atoms with Gasteiger partial charge in [0.1, 0.15) is 17.1 Å². The number of nitrogens with one attached hydrogen (secondary N) is 2. The van der Waals surface area contributed by atoms with Crippen LogP contribution in [0.2, 0.25) is 0 Å². The second kappa shape index (κ2) is 11.7. The molecule has 1 aromatic heterocycles. The van der Waals surface area contributed by atoms with E-state index in [4.69, 9.17) is 13.9 Å². The van der Waals surface area contributed by atoms with Crippen LogP contribution in [0.25, 0.3) is 0 Å². The SMILES string of the molecule is COc1ccc(S(=O)(=O)N2CCCCCC2)cc1C(=O)OCC(=O)NC(=O)NCc1ccco1. The number of urea groups is 1. The Labute approximate surface area is 197 Å². The molecule has 3 rings (SSSR count). The normalized spacial score (nSPS) is 14.6. The Morgan fingerprint density at radius 2 is 1.82 bits per heavy atom. The summed E-state index contributed by atoms with van der Waals surface area (Å²) < 4.78 is 42.7. The number of hydrogen-bond donors (Lipinski definition) is 2. The third-order valence-electron chi connectivity index (χ3n) is 5.18. The first-order valence-corrected chi connectivity index (χ1v) is 12.2. The molecule has 2 heterocycles. The van der Waals surface area contributed by atoms with Gasteiger partial charge in [-0.25, -0.2) is 18.0 Å². The van der Waals surface area contributed by atoms with Gasteiger partial charge in [-0.05, 0) is 43.2 Å². The summed E-state index contributed by atoms with van der Waals surface area (Å²) in [6.07, 6.45) is 4.93. The standard InChI is InChI=1S/C22H27N3O8S/c1-31-19-9-8-17(34(29,30)25-10-4-2-3-5-11-25)13-18(19)21(27)33-15-20(26)24-22(28)23-14-16-7-6-12-32-16/h6-9,12-13H,2-5,10-11,14-15H2,1H3,(H2,23,24,26,28). The lowest BCUT2D eigenvalue weighted by Gasteiger charge is -2.20. The second-order valence-electron chi connectivity index (χ2n) is 7.57. The summed E-state index contributed by atoms with van der Waals surface area (Å²) in [6, 6.07) is 6.42. The first kappa shape index (κ1) is 25.2. The summed E-state index contributed by atoms with van der Waals surface area (Å²) in [5.74, 6) is -1.24. The van der Waals surface area contributed by atoms with Crippen LogP contribution in [0.5, 0.6) is 5.75 Å². The van der Waals surface area contributed by atoms with Crippen molar-refractivity contribution in [1.29, 1.82) is 0 Å². The van der Waals surface area contributed by atoms with E-state index in [1.165, 1.54) is 35.9 Å². The molecule has 0 saturated carbocycles. The number of carbonyl (C=O) groups is 3. The number of benzene rings is 1. The molecule has 0 bridgehead atoms. The molecule has 34 heavy (non-hydrogen) atoms. The number of esters is 1. The van der Waals surface area contributed by atoms with Crippen LogP contribution in [0.1, 0.15) is 41.8 Å². The Morgan fingerprint density at radius 3 is 2.47 bits per heavy atom. The first-order valence-electron chi connectivity index (χ1n) is 10.8. The van der Waals surface area contributed by atoms with Gasteiger partial charge in [-0.15, -0.1) is 0 Å². The number of sulfonamides is 1. The third kappa shape index (κ3) is 6.58. The Balaban J connectivity index is 1.62. The van der Waals surface area contributed by atoms with Gasteiger partial charge in [0.15, 0.2) is 6.61 Å². The fraction of sp³-hybridized carbons (Fsp3) is 0.409. The highest BCUT2D eigenvalue weighted by molar-refractivity contribution is 7.89. The summed E-state index contributed by atoms with van der Waals surface area (Å²) in [4.78, 5) is 36.3. The second-order valence-corrected chi connectivity index (χ2v) is 9.50. The van der Waals surface area contributed by atoms with Crippen LogP contribution in [0.3, 0.4) is 0 Å². The minimum atomic E-state index is -3.81. The van der Waals surface area contributed by atoms with Crippen molar-refractivity contribution in [2.45, 2.75) is 37.1 Å². The Bertz CT molecular complexity index is 1110. The van der Waals surface area contributed by atoms with Gasteiger partial charge < -0.3 is 19.2 Å². The Kier molecular flexibility index (Phi) is 8.66. The van der Waals surface area contributed by atoms with Crippen molar-refractivity contribution in [2.24, 2.45) is 0 Å². The molecule has 0 radical (unpaired) electrons. The molecule has 1 fully saturated rings. The third-order valence-corrected chi connectivity index (χ3v) is 7.08. The fourth-order valence-corrected chi connectivity index (χ4v) is 4.98. The topological polar surface area (TPSA) is 144 Å². The monoisotopic (exact) mass is 493 g/mol. The summed E-state index contributed by atoms with van der Waals surface area (Å²) in [7, 11) is -2.48. The highest BCUT2D eigenvalue weighted by Gasteiger charge is 2.27. The van der Waals surface area contributed by atoms with Crippen molar-refractivity contribution in [2.75, 3.05) is 26.8 Å². The number of carbonyl (C=O) groups excluding carboxylic acids is 3. The van der Waals surface area contributed by atoms with Gasteiger partial charge in [-0.1, -0.05) is 12.8 Å². The van der Waals surface area contributed by atoms with Crippen molar-refractivity contribution in [3.05, 3.63) is 47.9 Å². The zero-order valence-electron chi connectivity index (χ0n) is 18.7. The zero-order valence-corrected chi connectivity index (χ0v) is 19.6. The summed E-state index contributed by atoms with van der Waals surface area (Å²) >= 11 is 0. The van der Waals surface area contributed by atoms with E-state index in [-0.39, 0.29) is 22.8 Å². The molecule has 0 atom stereocenters. The number of hydrogen-bond acceptors (Lipinski definition) is 8. The molecule has 12 heteroatoms. The summed E-state index contributed by atoms with van der Waals surface area (Å²) in [6.45, 7) is 0.146. The van der Waals surface area contributed by atoms with Crippen LogP contribution in [-0.2, 0) is 26.1 Å². The molecule has 0 spiro atoms. The van der Waals surface area contributed by atoms with E-state index in [1.54, 1.807) is 12.1 Å². The Morgan fingerprint density at radius 1 is 1.09 bits per heavy atom. The van der Waals surface area contributed by atoms with Crippen LogP contribution >= 0.6 is 0 Å². The molecule has 11 nitrogen and oxygen atoms in total. The molecule has 1 aliphatic heterocycles. The van der Waals surface area contributed by atoms with Crippen LogP contribution < -0.4 is 15.4 Å². The van der Waals surface area contributed by atoms with E-state index in [0.29, 0.717) is 18.8 Å². The summed E-state index contributed by atoms with van der Waals surface area (Å²) in [5, 5.41) is 4.44. The van der Waals surface area contributed by atoms with Crippen LogP contribution in [0.15, 0.2) is 45.9 Å². The molecule has 2 aromatic rings. The fourth-order valence-electron chi connectivity index (χ4n) is 3.43. The van der Waals surface area contributed by atoms with Crippen LogP contribution in [0, 0.1) is 0 Å². The summed E-state index contributed by atoms with van der Waals surface area (Å²) in [5.41, 5.74) is -0.145. The van der Waals surface area contributed by atoms with E-state index in [2.05, 4.69) is 5.32 Å². The molecule has 3 amide bonds. The molecule has 0 unspecified atom stereocenters. The van der Waals surface area contributed by atoms with Crippen molar-refractivity contribution in [3.8, 4) is 5.75 Å².